The molecule has 0 spiro atoms. The summed E-state index contributed by atoms with van der Waals surface area (Å²) in [6.07, 6.45) is 3.70. The number of hydrogen-bond acceptors (Lipinski definition) is 3. The summed E-state index contributed by atoms with van der Waals surface area (Å²) in [6, 6.07) is 10.2. The molecule has 2 aromatic rings. The highest BCUT2D eigenvalue weighted by atomic mass is 16.3. The van der Waals surface area contributed by atoms with Crippen LogP contribution in [0.15, 0.2) is 42.7 Å². The molecule has 0 saturated carbocycles. The van der Waals surface area contributed by atoms with Crippen LogP contribution in [0.25, 0.3) is 5.69 Å². The van der Waals surface area contributed by atoms with Crippen LogP contribution >= 0.6 is 0 Å². The van der Waals surface area contributed by atoms with E-state index in [1.54, 1.807) is 6.20 Å². The first-order valence-electron chi connectivity index (χ1n) is 6.20. The molecule has 1 heterocycles. The third kappa shape index (κ3) is 3.42. The summed E-state index contributed by atoms with van der Waals surface area (Å²) in [4.78, 5) is 0. The van der Waals surface area contributed by atoms with Crippen LogP contribution in [0.1, 0.15) is 12.5 Å². The van der Waals surface area contributed by atoms with E-state index in [1.165, 1.54) is 5.56 Å². The van der Waals surface area contributed by atoms with Crippen LogP contribution in [0.2, 0.25) is 0 Å². The Bertz CT molecular complexity index is 450. The molecule has 1 unspecified atom stereocenters. The largest absolute Gasteiger partial charge is 0.396 e. The van der Waals surface area contributed by atoms with Gasteiger partial charge in [-0.05, 0) is 29.7 Å². The van der Waals surface area contributed by atoms with Gasteiger partial charge in [-0.15, -0.1) is 0 Å². The predicted molar refractivity (Wildman–Crippen MR) is 71.5 cm³/mol. The van der Waals surface area contributed by atoms with Gasteiger partial charge in [-0.1, -0.05) is 19.1 Å². The smallest absolute Gasteiger partial charge is 0.0645 e. The zero-order valence-corrected chi connectivity index (χ0v) is 10.6. The molecule has 18 heavy (non-hydrogen) atoms. The molecule has 0 aliphatic rings. The minimum atomic E-state index is 0.227. The fraction of sp³-hybridized carbons (Fsp3) is 0.357. The highest BCUT2D eigenvalue weighted by molar-refractivity contribution is 5.33. The maximum atomic E-state index is 8.92. The number of benzene rings is 1. The molecule has 2 N–H and O–H groups in total. The minimum absolute atomic E-state index is 0.227. The van der Waals surface area contributed by atoms with Gasteiger partial charge in [-0.3, -0.25) is 0 Å². The molecule has 2 rings (SSSR count). The molecular weight excluding hydrogens is 226 g/mol. The summed E-state index contributed by atoms with van der Waals surface area (Å²) in [5.41, 5.74) is 2.29. The van der Waals surface area contributed by atoms with Gasteiger partial charge in [-0.2, -0.15) is 5.10 Å². The van der Waals surface area contributed by atoms with Gasteiger partial charge in [0.1, 0.15) is 0 Å². The molecule has 4 heteroatoms. The minimum Gasteiger partial charge on any atom is -0.396 e. The van der Waals surface area contributed by atoms with Gasteiger partial charge in [0.05, 0.1) is 5.69 Å². The van der Waals surface area contributed by atoms with E-state index in [0.29, 0.717) is 5.92 Å². The third-order valence-electron chi connectivity index (χ3n) is 2.84. The first kappa shape index (κ1) is 12.8. The molecule has 0 aliphatic heterocycles. The lowest BCUT2D eigenvalue weighted by molar-refractivity contribution is 0.233. The van der Waals surface area contributed by atoms with Crippen molar-refractivity contribution >= 4 is 0 Å². The Kier molecular flexibility index (Phi) is 4.50. The summed E-state index contributed by atoms with van der Waals surface area (Å²) in [6.45, 7) is 3.90. The van der Waals surface area contributed by atoms with Crippen molar-refractivity contribution < 1.29 is 5.11 Å². The number of aliphatic hydroxyl groups is 1. The number of nitrogens with zero attached hydrogens (tertiary/aromatic N) is 2. The molecule has 1 aromatic carbocycles. The summed E-state index contributed by atoms with van der Waals surface area (Å²) in [5, 5.41) is 16.4. The molecule has 0 saturated heterocycles. The van der Waals surface area contributed by atoms with Gasteiger partial charge in [0.25, 0.3) is 0 Å². The Labute approximate surface area is 107 Å². The van der Waals surface area contributed by atoms with Crippen LogP contribution in [-0.4, -0.2) is 28.0 Å². The van der Waals surface area contributed by atoms with E-state index in [4.69, 9.17) is 5.11 Å². The van der Waals surface area contributed by atoms with Gasteiger partial charge in [0.2, 0.25) is 0 Å². The average Bonchev–Trinajstić information content (AvgIpc) is 2.93. The molecule has 0 radical (unpaired) electrons. The van der Waals surface area contributed by atoms with E-state index in [-0.39, 0.29) is 6.61 Å². The predicted octanol–water partition coefficient (Wildman–Crippen LogP) is 1.59. The SMILES string of the molecule is CC(CO)CNCc1ccc(-n2cccn2)cc1. The van der Waals surface area contributed by atoms with Crippen LogP contribution in [0.4, 0.5) is 0 Å². The molecule has 0 amide bonds. The molecule has 0 bridgehead atoms. The fourth-order valence-electron chi connectivity index (χ4n) is 1.72. The van der Waals surface area contributed by atoms with Crippen molar-refractivity contribution in [2.75, 3.05) is 13.2 Å². The Balaban J connectivity index is 1.88. The molecule has 0 fully saturated rings. The Morgan fingerprint density at radius 3 is 2.72 bits per heavy atom. The second kappa shape index (κ2) is 6.33. The molecule has 4 nitrogen and oxygen atoms in total. The number of hydrogen-bond donors (Lipinski definition) is 2. The lowest BCUT2D eigenvalue weighted by Gasteiger charge is -2.10. The van der Waals surface area contributed by atoms with Crippen molar-refractivity contribution in [1.29, 1.82) is 0 Å². The number of aliphatic hydroxyl groups excluding tert-OH is 1. The van der Waals surface area contributed by atoms with Crippen LogP contribution in [0.5, 0.6) is 0 Å². The maximum Gasteiger partial charge on any atom is 0.0645 e. The molecule has 1 atom stereocenters. The van der Waals surface area contributed by atoms with E-state index in [9.17, 15) is 0 Å². The number of nitrogens with one attached hydrogen (secondary N) is 1. The normalized spacial score (nSPS) is 12.6. The second-order valence-electron chi connectivity index (χ2n) is 4.54. The summed E-state index contributed by atoms with van der Waals surface area (Å²) in [5.74, 6) is 0.299. The van der Waals surface area contributed by atoms with Crippen molar-refractivity contribution in [3.05, 3.63) is 48.3 Å². The van der Waals surface area contributed by atoms with E-state index >= 15 is 0 Å². The lowest BCUT2D eigenvalue weighted by atomic mass is 10.1. The highest BCUT2D eigenvalue weighted by Gasteiger charge is 2.00. The van der Waals surface area contributed by atoms with Gasteiger partial charge in [0.15, 0.2) is 0 Å². The van der Waals surface area contributed by atoms with E-state index in [1.807, 2.05) is 23.9 Å². The Morgan fingerprint density at radius 1 is 1.33 bits per heavy atom. The van der Waals surface area contributed by atoms with Crippen molar-refractivity contribution in [3.63, 3.8) is 0 Å². The van der Waals surface area contributed by atoms with Crippen molar-refractivity contribution in [3.8, 4) is 5.69 Å². The first-order chi connectivity index (χ1) is 8.79. The van der Waals surface area contributed by atoms with Gasteiger partial charge >= 0.3 is 0 Å². The van der Waals surface area contributed by atoms with Gasteiger partial charge in [-0.25, -0.2) is 4.68 Å². The molecule has 1 aromatic heterocycles. The summed E-state index contributed by atoms with van der Waals surface area (Å²) >= 11 is 0. The van der Waals surface area contributed by atoms with Crippen molar-refractivity contribution in [2.45, 2.75) is 13.5 Å². The van der Waals surface area contributed by atoms with E-state index in [2.05, 4.69) is 34.7 Å². The zero-order valence-electron chi connectivity index (χ0n) is 10.6. The van der Waals surface area contributed by atoms with Crippen molar-refractivity contribution in [2.24, 2.45) is 5.92 Å². The molecule has 0 aliphatic carbocycles. The summed E-state index contributed by atoms with van der Waals surface area (Å²) < 4.78 is 1.84. The van der Waals surface area contributed by atoms with Crippen molar-refractivity contribution in [1.82, 2.24) is 15.1 Å². The maximum absolute atomic E-state index is 8.92. The topological polar surface area (TPSA) is 50.1 Å². The van der Waals surface area contributed by atoms with Crippen LogP contribution in [-0.2, 0) is 6.54 Å². The van der Waals surface area contributed by atoms with E-state index < -0.39 is 0 Å². The Hall–Kier alpha value is -1.65. The molecule has 96 valence electrons. The van der Waals surface area contributed by atoms with Crippen LogP contribution in [0, 0.1) is 5.92 Å². The lowest BCUT2D eigenvalue weighted by Crippen LogP contribution is -2.22. The standard InChI is InChI=1S/C14H19N3O/c1-12(11-18)9-15-10-13-3-5-14(6-4-13)17-8-2-7-16-17/h2-8,12,15,18H,9-11H2,1H3. The monoisotopic (exact) mass is 245 g/mol. The quantitative estimate of drug-likeness (QED) is 0.812. The highest BCUT2D eigenvalue weighted by Crippen LogP contribution is 2.08. The first-order valence-corrected chi connectivity index (χ1v) is 6.20. The van der Waals surface area contributed by atoms with Crippen LogP contribution < -0.4 is 5.32 Å². The third-order valence-corrected chi connectivity index (χ3v) is 2.84. The average molecular weight is 245 g/mol. The number of aromatic nitrogens is 2. The summed E-state index contributed by atoms with van der Waals surface area (Å²) in [7, 11) is 0. The van der Waals surface area contributed by atoms with Gasteiger partial charge < -0.3 is 10.4 Å². The Morgan fingerprint density at radius 2 is 2.11 bits per heavy atom. The number of rotatable bonds is 6. The molecular formula is C14H19N3O. The van der Waals surface area contributed by atoms with Gasteiger partial charge in [0, 0.05) is 32.1 Å². The van der Waals surface area contributed by atoms with E-state index in [0.717, 1.165) is 18.8 Å². The fourth-order valence-corrected chi connectivity index (χ4v) is 1.72. The van der Waals surface area contributed by atoms with Crippen LogP contribution in [0.3, 0.4) is 0 Å². The second-order valence-corrected chi connectivity index (χ2v) is 4.54. The zero-order chi connectivity index (χ0) is 12.8.